The van der Waals surface area contributed by atoms with Crippen LogP contribution in [-0.4, -0.2) is 39.4 Å². The Morgan fingerprint density at radius 3 is 2.23 bits per heavy atom. The average molecular weight is 372 g/mol. The molecule has 1 saturated carbocycles. The van der Waals surface area contributed by atoms with Crippen LogP contribution in [0.25, 0.3) is 0 Å². The van der Waals surface area contributed by atoms with Gasteiger partial charge in [-0.15, -0.1) is 0 Å². The summed E-state index contributed by atoms with van der Waals surface area (Å²) in [6, 6.07) is 15.5. The fourth-order valence-corrected chi connectivity index (χ4v) is 5.18. The lowest BCUT2D eigenvalue weighted by molar-refractivity contribution is 0.0827. The monoisotopic (exact) mass is 372 g/mol. The molecule has 1 fully saturated rings. The number of carbonyl (C=O) groups is 1. The van der Waals surface area contributed by atoms with Gasteiger partial charge in [0.05, 0.1) is 10.6 Å². The Labute approximate surface area is 155 Å². The number of hydrogen-bond acceptors (Lipinski definition) is 3. The van der Waals surface area contributed by atoms with E-state index >= 15 is 0 Å². The molecule has 2 aromatic carbocycles. The quantitative estimate of drug-likeness (QED) is 0.807. The normalized spacial score (nSPS) is 15.0. The lowest BCUT2D eigenvalue weighted by Gasteiger charge is -2.30. The third-order valence-electron chi connectivity index (χ3n) is 4.71. The van der Waals surface area contributed by atoms with E-state index in [2.05, 4.69) is 0 Å². The van der Waals surface area contributed by atoms with Crippen LogP contribution in [0.1, 0.15) is 36.0 Å². The van der Waals surface area contributed by atoms with Gasteiger partial charge >= 0.3 is 0 Å². The molecule has 0 N–H and O–H groups in total. The molecule has 138 valence electrons. The third kappa shape index (κ3) is 3.60. The van der Waals surface area contributed by atoms with E-state index in [0.717, 1.165) is 25.7 Å². The maximum Gasteiger partial charge on any atom is 0.264 e. The minimum absolute atomic E-state index is 0.0457. The average Bonchev–Trinajstić information content (AvgIpc) is 3.16. The van der Waals surface area contributed by atoms with Crippen molar-refractivity contribution in [3.63, 3.8) is 0 Å². The molecule has 0 bridgehead atoms. The smallest absolute Gasteiger partial charge is 0.264 e. The van der Waals surface area contributed by atoms with Crippen LogP contribution in [0.15, 0.2) is 59.5 Å². The first-order chi connectivity index (χ1) is 12.4. The van der Waals surface area contributed by atoms with Crippen LogP contribution < -0.4 is 4.31 Å². The minimum Gasteiger partial charge on any atom is -0.345 e. The Bertz CT molecular complexity index is 873. The summed E-state index contributed by atoms with van der Waals surface area (Å²) < 4.78 is 28.5. The van der Waals surface area contributed by atoms with Gasteiger partial charge in [0.2, 0.25) is 0 Å². The van der Waals surface area contributed by atoms with E-state index in [0.29, 0.717) is 11.3 Å². The Kier molecular flexibility index (Phi) is 5.32. The van der Waals surface area contributed by atoms with E-state index in [4.69, 9.17) is 0 Å². The highest BCUT2D eigenvalue weighted by molar-refractivity contribution is 7.92. The van der Waals surface area contributed by atoms with Crippen molar-refractivity contribution in [2.75, 3.05) is 18.4 Å². The molecule has 1 amide bonds. The van der Waals surface area contributed by atoms with Crippen molar-refractivity contribution in [3.05, 3.63) is 60.2 Å². The number of hydrogen-bond donors (Lipinski definition) is 0. The van der Waals surface area contributed by atoms with Crippen LogP contribution in [0.3, 0.4) is 0 Å². The molecule has 0 atom stereocenters. The van der Waals surface area contributed by atoms with E-state index in [1.54, 1.807) is 36.6 Å². The second-order valence-electron chi connectivity index (χ2n) is 6.80. The largest absolute Gasteiger partial charge is 0.345 e. The highest BCUT2D eigenvalue weighted by Crippen LogP contribution is 2.33. The summed E-state index contributed by atoms with van der Waals surface area (Å²) >= 11 is 0. The first-order valence-electron chi connectivity index (χ1n) is 8.82. The molecule has 0 unspecified atom stereocenters. The van der Waals surface area contributed by atoms with Crippen molar-refractivity contribution in [2.45, 2.75) is 36.6 Å². The van der Waals surface area contributed by atoms with Crippen molar-refractivity contribution in [2.24, 2.45) is 0 Å². The summed E-state index contributed by atoms with van der Waals surface area (Å²) in [4.78, 5) is 13.8. The topological polar surface area (TPSA) is 57.7 Å². The van der Waals surface area contributed by atoms with E-state index in [1.165, 1.54) is 11.0 Å². The van der Waals surface area contributed by atoms with E-state index in [1.807, 2.05) is 30.3 Å². The predicted octanol–water partition coefficient (Wildman–Crippen LogP) is 3.53. The Balaban J connectivity index is 2.06. The zero-order chi connectivity index (χ0) is 18.7. The molecular formula is C20H24N2O3S. The van der Waals surface area contributed by atoms with E-state index in [-0.39, 0.29) is 16.8 Å². The number of para-hydroxylation sites is 1. The molecule has 3 rings (SSSR count). The lowest BCUT2D eigenvalue weighted by Crippen LogP contribution is -2.39. The molecule has 0 aromatic heterocycles. The molecule has 0 heterocycles. The third-order valence-corrected chi connectivity index (χ3v) is 6.59. The Hall–Kier alpha value is -2.34. The zero-order valence-electron chi connectivity index (χ0n) is 15.1. The van der Waals surface area contributed by atoms with Crippen LogP contribution in [0.5, 0.6) is 0 Å². The maximum atomic E-state index is 13.5. The van der Waals surface area contributed by atoms with Gasteiger partial charge in [-0.25, -0.2) is 8.42 Å². The summed E-state index contributed by atoms with van der Waals surface area (Å²) in [7, 11) is -0.454. The number of benzene rings is 2. The molecule has 1 aliphatic carbocycles. The molecule has 6 heteroatoms. The van der Waals surface area contributed by atoms with E-state index in [9.17, 15) is 13.2 Å². The second-order valence-corrected chi connectivity index (χ2v) is 8.62. The predicted molar refractivity (Wildman–Crippen MR) is 103 cm³/mol. The van der Waals surface area contributed by atoms with Crippen LogP contribution in [0.2, 0.25) is 0 Å². The molecule has 0 aliphatic heterocycles. The van der Waals surface area contributed by atoms with Gasteiger partial charge in [0, 0.05) is 25.7 Å². The molecule has 0 saturated heterocycles. The summed E-state index contributed by atoms with van der Waals surface area (Å²) in [5.74, 6) is -0.214. The number of carbonyl (C=O) groups excluding carboxylic acids is 1. The van der Waals surface area contributed by atoms with Crippen molar-refractivity contribution in [3.8, 4) is 0 Å². The molecule has 26 heavy (non-hydrogen) atoms. The SMILES string of the molecule is CN(C)C(=O)c1cccc(S(=O)(=O)N(c2ccccc2)C2CCCC2)c1. The van der Waals surface area contributed by atoms with Gasteiger partial charge in [-0.05, 0) is 43.2 Å². The number of sulfonamides is 1. The highest BCUT2D eigenvalue weighted by Gasteiger charge is 2.33. The van der Waals surface area contributed by atoms with Gasteiger partial charge in [0.1, 0.15) is 0 Å². The molecule has 2 aromatic rings. The van der Waals surface area contributed by atoms with Crippen LogP contribution >= 0.6 is 0 Å². The molecule has 1 aliphatic rings. The van der Waals surface area contributed by atoms with Gasteiger partial charge < -0.3 is 4.90 Å². The summed E-state index contributed by atoms with van der Waals surface area (Å²) in [6.07, 6.45) is 3.76. The second kappa shape index (κ2) is 7.50. The van der Waals surface area contributed by atoms with Crippen LogP contribution in [-0.2, 0) is 10.0 Å². The molecular weight excluding hydrogens is 348 g/mol. The summed E-state index contributed by atoms with van der Waals surface area (Å²) in [6.45, 7) is 0. The van der Waals surface area contributed by atoms with E-state index < -0.39 is 10.0 Å². The number of amides is 1. The highest BCUT2D eigenvalue weighted by atomic mass is 32.2. The van der Waals surface area contributed by atoms with Gasteiger partial charge in [0.25, 0.3) is 15.9 Å². The van der Waals surface area contributed by atoms with Crippen molar-refractivity contribution in [1.82, 2.24) is 4.90 Å². The van der Waals surface area contributed by atoms with Gasteiger partial charge in [-0.1, -0.05) is 37.1 Å². The first-order valence-corrected chi connectivity index (χ1v) is 10.3. The summed E-state index contributed by atoms with van der Waals surface area (Å²) in [5, 5.41) is 0. The molecule has 0 spiro atoms. The van der Waals surface area contributed by atoms with Crippen LogP contribution in [0, 0.1) is 0 Å². The maximum absolute atomic E-state index is 13.5. The zero-order valence-corrected chi connectivity index (χ0v) is 15.9. The Morgan fingerprint density at radius 1 is 0.962 bits per heavy atom. The first kappa shape index (κ1) is 18.5. The number of anilines is 1. The lowest BCUT2D eigenvalue weighted by atomic mass is 10.2. The van der Waals surface area contributed by atoms with Gasteiger partial charge in [0.15, 0.2) is 0 Å². The molecule has 5 nitrogen and oxygen atoms in total. The van der Waals surface area contributed by atoms with Crippen LogP contribution in [0.4, 0.5) is 5.69 Å². The standard InChI is InChI=1S/C20H24N2O3S/c1-21(2)20(23)16-9-8-14-19(15-16)26(24,25)22(18-12-6-7-13-18)17-10-4-3-5-11-17/h3-5,8-11,14-15,18H,6-7,12-13H2,1-2H3. The molecule has 0 radical (unpaired) electrons. The fraction of sp³-hybridized carbons (Fsp3) is 0.350. The minimum atomic E-state index is -3.76. The van der Waals surface area contributed by atoms with Gasteiger partial charge in [-0.3, -0.25) is 9.10 Å². The van der Waals surface area contributed by atoms with Crippen molar-refractivity contribution in [1.29, 1.82) is 0 Å². The Morgan fingerprint density at radius 2 is 1.62 bits per heavy atom. The summed E-state index contributed by atoms with van der Waals surface area (Å²) in [5.41, 5.74) is 1.04. The number of nitrogens with zero attached hydrogens (tertiary/aromatic N) is 2. The fourth-order valence-electron chi connectivity index (χ4n) is 3.42. The van der Waals surface area contributed by atoms with Crippen molar-refractivity contribution >= 4 is 21.6 Å². The number of rotatable bonds is 5. The van der Waals surface area contributed by atoms with Crippen molar-refractivity contribution < 1.29 is 13.2 Å². The van der Waals surface area contributed by atoms with Gasteiger partial charge in [-0.2, -0.15) is 0 Å².